The monoisotopic (exact) mass is 333 g/mol. The van der Waals surface area contributed by atoms with Crippen LogP contribution in [0.2, 0.25) is 0 Å². The molecule has 130 valence electrons. The van der Waals surface area contributed by atoms with Gasteiger partial charge in [-0.15, -0.1) is 0 Å². The lowest BCUT2D eigenvalue weighted by atomic mass is 10.1. The first-order valence-corrected chi connectivity index (χ1v) is 8.19. The minimum Gasteiger partial charge on any atom is -0.494 e. The number of carbonyl (C=O) groups is 3. The molecule has 1 atom stereocenters. The van der Waals surface area contributed by atoms with Crippen LogP contribution in [0.5, 0.6) is 5.75 Å². The molecule has 1 aromatic carbocycles. The topological polar surface area (TPSA) is 81.7 Å². The molecule has 1 aliphatic carbocycles. The Labute approximate surface area is 141 Å². The molecule has 0 aromatic heterocycles. The van der Waals surface area contributed by atoms with E-state index in [0.29, 0.717) is 24.3 Å². The number of hydrogen-bond acceptors (Lipinski definition) is 5. The summed E-state index contributed by atoms with van der Waals surface area (Å²) in [6, 6.07) is 7.10. The largest absolute Gasteiger partial charge is 0.494 e. The van der Waals surface area contributed by atoms with E-state index in [9.17, 15) is 14.4 Å². The minimum absolute atomic E-state index is 0.00383. The molecule has 6 heteroatoms. The molecular weight excluding hydrogens is 310 g/mol. The molecule has 24 heavy (non-hydrogen) atoms. The molecule has 0 bridgehead atoms. The highest BCUT2D eigenvalue weighted by atomic mass is 16.5. The third-order valence-corrected chi connectivity index (χ3v) is 3.66. The van der Waals surface area contributed by atoms with Crippen molar-refractivity contribution in [2.45, 2.75) is 51.7 Å². The zero-order valence-electron chi connectivity index (χ0n) is 14.0. The number of amides is 1. The van der Waals surface area contributed by atoms with Crippen molar-refractivity contribution < 1.29 is 23.9 Å². The minimum atomic E-state index is -0.766. The summed E-state index contributed by atoms with van der Waals surface area (Å²) in [5.41, 5.74) is 0.629. The molecule has 1 aliphatic rings. The molecule has 1 N–H and O–H groups in total. The van der Waals surface area contributed by atoms with E-state index in [4.69, 9.17) is 9.47 Å². The molecule has 0 aliphatic heterocycles. The van der Waals surface area contributed by atoms with E-state index in [2.05, 4.69) is 5.32 Å². The molecule has 0 heterocycles. The Bertz CT molecular complexity index is 592. The predicted molar refractivity (Wildman–Crippen MR) is 87.9 cm³/mol. The van der Waals surface area contributed by atoms with E-state index in [1.54, 1.807) is 31.2 Å². The van der Waals surface area contributed by atoms with E-state index in [1.807, 2.05) is 0 Å². The second-order valence-corrected chi connectivity index (χ2v) is 5.95. The number of ketones is 1. The van der Waals surface area contributed by atoms with Crippen LogP contribution in [0.3, 0.4) is 0 Å². The quantitative estimate of drug-likeness (QED) is 0.426. The van der Waals surface area contributed by atoms with Crippen LogP contribution >= 0.6 is 0 Å². The zero-order valence-corrected chi connectivity index (χ0v) is 14.0. The van der Waals surface area contributed by atoms with Gasteiger partial charge in [-0.25, -0.2) is 0 Å². The van der Waals surface area contributed by atoms with Crippen molar-refractivity contribution in [3.63, 3.8) is 0 Å². The molecule has 0 saturated heterocycles. The summed E-state index contributed by atoms with van der Waals surface area (Å²) in [5.74, 6) is -0.00804. The Kier molecular flexibility index (Phi) is 6.35. The number of esters is 1. The Morgan fingerprint density at radius 1 is 1.21 bits per heavy atom. The van der Waals surface area contributed by atoms with Gasteiger partial charge in [0.2, 0.25) is 0 Å². The molecule has 1 fully saturated rings. The van der Waals surface area contributed by atoms with Gasteiger partial charge in [-0.1, -0.05) is 0 Å². The Hall–Kier alpha value is -2.37. The van der Waals surface area contributed by atoms with E-state index < -0.39 is 12.1 Å². The SMILES string of the molecule is CC(=O)c1ccc(OCCCC(=O)O[C@H](C)C(=O)NC2CC2)cc1. The summed E-state index contributed by atoms with van der Waals surface area (Å²) in [6.45, 7) is 3.44. The third-order valence-electron chi connectivity index (χ3n) is 3.66. The summed E-state index contributed by atoms with van der Waals surface area (Å²) in [5, 5.41) is 2.80. The van der Waals surface area contributed by atoms with Gasteiger partial charge in [0.05, 0.1) is 6.61 Å². The number of hydrogen-bond donors (Lipinski definition) is 1. The first kappa shape index (κ1) is 18.0. The van der Waals surface area contributed by atoms with Crippen LogP contribution in [0.15, 0.2) is 24.3 Å². The van der Waals surface area contributed by atoms with Crippen molar-refractivity contribution in [1.29, 1.82) is 0 Å². The second kappa shape index (κ2) is 8.47. The Morgan fingerprint density at radius 2 is 1.88 bits per heavy atom. The van der Waals surface area contributed by atoms with Gasteiger partial charge in [0.1, 0.15) is 5.75 Å². The van der Waals surface area contributed by atoms with Gasteiger partial charge in [0.15, 0.2) is 11.9 Å². The smallest absolute Gasteiger partial charge is 0.306 e. The van der Waals surface area contributed by atoms with Crippen LogP contribution in [-0.2, 0) is 14.3 Å². The van der Waals surface area contributed by atoms with Crippen molar-refractivity contribution in [2.24, 2.45) is 0 Å². The summed E-state index contributed by atoms with van der Waals surface area (Å²) in [7, 11) is 0. The van der Waals surface area contributed by atoms with Gasteiger partial charge in [-0.05, 0) is 57.4 Å². The van der Waals surface area contributed by atoms with Crippen molar-refractivity contribution in [3.8, 4) is 5.75 Å². The summed E-state index contributed by atoms with van der Waals surface area (Å²) in [4.78, 5) is 34.5. The van der Waals surface area contributed by atoms with Crippen molar-refractivity contribution in [2.75, 3.05) is 6.61 Å². The summed E-state index contributed by atoms with van der Waals surface area (Å²) in [6.07, 6.45) is 1.91. The van der Waals surface area contributed by atoms with Gasteiger partial charge in [0.25, 0.3) is 5.91 Å². The van der Waals surface area contributed by atoms with Crippen LogP contribution in [0.4, 0.5) is 0 Å². The van der Waals surface area contributed by atoms with Gasteiger partial charge < -0.3 is 14.8 Å². The van der Waals surface area contributed by atoms with Crippen LogP contribution in [0.1, 0.15) is 49.9 Å². The fourth-order valence-corrected chi connectivity index (χ4v) is 2.05. The van der Waals surface area contributed by atoms with Gasteiger partial charge >= 0.3 is 5.97 Å². The summed E-state index contributed by atoms with van der Waals surface area (Å²) >= 11 is 0. The molecule has 6 nitrogen and oxygen atoms in total. The highest BCUT2D eigenvalue weighted by Crippen LogP contribution is 2.19. The van der Waals surface area contributed by atoms with Crippen LogP contribution in [-0.4, -0.2) is 36.4 Å². The van der Waals surface area contributed by atoms with E-state index >= 15 is 0 Å². The lowest BCUT2D eigenvalue weighted by molar-refractivity contribution is -0.155. The van der Waals surface area contributed by atoms with Crippen LogP contribution < -0.4 is 10.1 Å². The lowest BCUT2D eigenvalue weighted by Gasteiger charge is -2.13. The normalized spacial score (nSPS) is 14.6. The van der Waals surface area contributed by atoms with Crippen molar-refractivity contribution in [1.82, 2.24) is 5.32 Å². The molecular formula is C18H23NO5. The number of ether oxygens (including phenoxy) is 2. The van der Waals surface area contributed by atoms with Crippen LogP contribution in [0, 0.1) is 0 Å². The molecule has 2 rings (SSSR count). The lowest BCUT2D eigenvalue weighted by Crippen LogP contribution is -2.37. The van der Waals surface area contributed by atoms with Gasteiger partial charge in [0, 0.05) is 18.0 Å². The average Bonchev–Trinajstić information content (AvgIpc) is 3.36. The third kappa shape index (κ3) is 6.02. The first-order chi connectivity index (χ1) is 11.5. The zero-order chi connectivity index (χ0) is 17.5. The molecule has 0 radical (unpaired) electrons. The standard InChI is InChI=1S/C18H23NO5/c1-12(20)14-5-9-16(10-6-14)23-11-3-4-17(21)24-13(2)18(22)19-15-7-8-15/h5-6,9-10,13,15H,3-4,7-8,11H2,1-2H3,(H,19,22)/t13-/m1/s1. The Morgan fingerprint density at radius 3 is 2.46 bits per heavy atom. The Balaban J connectivity index is 1.61. The highest BCUT2D eigenvalue weighted by molar-refractivity contribution is 5.94. The maximum Gasteiger partial charge on any atom is 0.306 e. The van der Waals surface area contributed by atoms with E-state index in [1.165, 1.54) is 6.92 Å². The number of nitrogens with one attached hydrogen (secondary N) is 1. The van der Waals surface area contributed by atoms with Crippen molar-refractivity contribution in [3.05, 3.63) is 29.8 Å². The average molecular weight is 333 g/mol. The van der Waals surface area contributed by atoms with Crippen LogP contribution in [0.25, 0.3) is 0 Å². The molecule has 0 unspecified atom stereocenters. The first-order valence-electron chi connectivity index (χ1n) is 8.19. The maximum atomic E-state index is 11.7. The fraction of sp³-hybridized carbons (Fsp3) is 0.500. The second-order valence-electron chi connectivity index (χ2n) is 5.95. The number of Topliss-reactive ketones (excluding diaryl/α,β-unsaturated/α-hetero) is 1. The number of benzene rings is 1. The fourth-order valence-electron chi connectivity index (χ4n) is 2.05. The van der Waals surface area contributed by atoms with Crippen molar-refractivity contribution >= 4 is 17.7 Å². The number of carbonyl (C=O) groups excluding carboxylic acids is 3. The molecule has 1 aromatic rings. The molecule has 1 amide bonds. The predicted octanol–water partition coefficient (Wildman–Crippen LogP) is 2.26. The number of rotatable bonds is 9. The molecule has 0 spiro atoms. The molecule has 1 saturated carbocycles. The maximum absolute atomic E-state index is 11.7. The highest BCUT2D eigenvalue weighted by Gasteiger charge is 2.27. The summed E-state index contributed by atoms with van der Waals surface area (Å²) < 4.78 is 10.6. The van der Waals surface area contributed by atoms with Gasteiger partial charge in [-0.2, -0.15) is 0 Å². The van der Waals surface area contributed by atoms with Gasteiger partial charge in [-0.3, -0.25) is 14.4 Å². The van der Waals surface area contributed by atoms with E-state index in [-0.39, 0.29) is 24.2 Å². The van der Waals surface area contributed by atoms with E-state index in [0.717, 1.165) is 12.8 Å².